The molecule has 0 atom stereocenters. The number of hydrogen-bond acceptors (Lipinski definition) is 4. The Morgan fingerprint density at radius 2 is 1.96 bits per heavy atom. The maximum atomic E-state index is 12.7. The molecule has 0 unspecified atom stereocenters. The first-order valence-corrected chi connectivity index (χ1v) is 8.02. The van der Waals surface area contributed by atoms with Crippen LogP contribution in [0.1, 0.15) is 12.8 Å². The zero-order chi connectivity index (χ0) is 15.6. The Hall–Kier alpha value is -2.47. The van der Waals surface area contributed by atoms with Crippen LogP contribution in [0, 0.1) is 5.92 Å². The zero-order valence-corrected chi connectivity index (χ0v) is 12.9. The average molecular weight is 309 g/mol. The standard InChI is InChI=1S/C17H19N5O/c23-17-15-10-20-22(14-4-2-1-3-5-14)16(15)19-12-21(17)11-13-6-8-18-9-7-13/h1-5,10,12-13,18H,6-9,11H2. The average Bonchev–Trinajstić information content (AvgIpc) is 3.04. The summed E-state index contributed by atoms with van der Waals surface area (Å²) in [4.78, 5) is 17.2. The van der Waals surface area contributed by atoms with Gasteiger partial charge in [0.15, 0.2) is 5.65 Å². The van der Waals surface area contributed by atoms with Crippen molar-refractivity contribution in [3.8, 4) is 5.69 Å². The summed E-state index contributed by atoms with van der Waals surface area (Å²) in [5.41, 5.74) is 1.52. The smallest absolute Gasteiger partial charge is 0.264 e. The molecule has 118 valence electrons. The molecule has 6 heteroatoms. The molecule has 0 amide bonds. The highest BCUT2D eigenvalue weighted by Crippen LogP contribution is 2.15. The van der Waals surface area contributed by atoms with Crippen LogP contribution in [0.15, 0.2) is 47.7 Å². The molecule has 3 heterocycles. The number of para-hydroxylation sites is 1. The Morgan fingerprint density at radius 1 is 1.17 bits per heavy atom. The minimum absolute atomic E-state index is 0.00397. The molecule has 0 bridgehead atoms. The monoisotopic (exact) mass is 309 g/mol. The second-order valence-electron chi connectivity index (χ2n) is 6.02. The predicted octanol–water partition coefficient (Wildman–Crippen LogP) is 1.58. The molecule has 6 nitrogen and oxygen atoms in total. The molecule has 23 heavy (non-hydrogen) atoms. The molecular weight excluding hydrogens is 290 g/mol. The number of hydrogen-bond donors (Lipinski definition) is 1. The van der Waals surface area contributed by atoms with E-state index < -0.39 is 0 Å². The van der Waals surface area contributed by atoms with Crippen molar-refractivity contribution in [1.29, 1.82) is 0 Å². The van der Waals surface area contributed by atoms with Crippen molar-refractivity contribution in [3.05, 3.63) is 53.2 Å². The highest BCUT2D eigenvalue weighted by atomic mass is 16.1. The van der Waals surface area contributed by atoms with Crippen molar-refractivity contribution < 1.29 is 0 Å². The van der Waals surface area contributed by atoms with E-state index in [4.69, 9.17) is 0 Å². The van der Waals surface area contributed by atoms with E-state index >= 15 is 0 Å². The lowest BCUT2D eigenvalue weighted by Crippen LogP contribution is -2.32. The van der Waals surface area contributed by atoms with Gasteiger partial charge in [-0.2, -0.15) is 5.10 Å². The van der Waals surface area contributed by atoms with Crippen LogP contribution in [-0.4, -0.2) is 32.4 Å². The van der Waals surface area contributed by atoms with Crippen LogP contribution in [0.3, 0.4) is 0 Å². The second-order valence-corrected chi connectivity index (χ2v) is 6.02. The lowest BCUT2D eigenvalue weighted by atomic mass is 9.98. The van der Waals surface area contributed by atoms with Gasteiger partial charge in [0.2, 0.25) is 0 Å². The molecule has 1 aliphatic heterocycles. The van der Waals surface area contributed by atoms with Crippen LogP contribution >= 0.6 is 0 Å². The van der Waals surface area contributed by atoms with Crippen LogP contribution in [0.25, 0.3) is 16.7 Å². The Bertz CT molecular complexity index is 862. The molecule has 0 spiro atoms. The third kappa shape index (κ3) is 2.66. The molecule has 1 saturated heterocycles. The fourth-order valence-corrected chi connectivity index (χ4v) is 3.18. The topological polar surface area (TPSA) is 64.7 Å². The summed E-state index contributed by atoms with van der Waals surface area (Å²) in [5, 5.41) is 8.27. The van der Waals surface area contributed by atoms with Gasteiger partial charge < -0.3 is 5.32 Å². The molecule has 0 radical (unpaired) electrons. The number of nitrogens with one attached hydrogen (secondary N) is 1. The third-order valence-electron chi connectivity index (χ3n) is 4.47. The van der Waals surface area contributed by atoms with E-state index in [1.807, 2.05) is 30.3 Å². The maximum absolute atomic E-state index is 12.7. The molecular formula is C17H19N5O. The third-order valence-corrected chi connectivity index (χ3v) is 4.47. The van der Waals surface area contributed by atoms with Crippen molar-refractivity contribution in [2.45, 2.75) is 19.4 Å². The minimum Gasteiger partial charge on any atom is -0.317 e. The summed E-state index contributed by atoms with van der Waals surface area (Å²) in [5.74, 6) is 0.539. The number of fused-ring (bicyclic) bond motifs is 1. The quantitative estimate of drug-likeness (QED) is 0.798. The first-order chi connectivity index (χ1) is 11.3. The van der Waals surface area contributed by atoms with Gasteiger partial charge in [-0.15, -0.1) is 0 Å². The SMILES string of the molecule is O=c1c2cnn(-c3ccccc3)c2ncn1CC1CCNCC1. The summed E-state index contributed by atoms with van der Waals surface area (Å²) in [6, 6.07) is 9.75. The molecule has 3 aromatic rings. The van der Waals surface area contributed by atoms with Gasteiger partial charge in [-0.25, -0.2) is 9.67 Å². The molecule has 0 saturated carbocycles. The van der Waals surface area contributed by atoms with Gasteiger partial charge in [-0.05, 0) is 44.0 Å². The van der Waals surface area contributed by atoms with Gasteiger partial charge in [-0.3, -0.25) is 9.36 Å². The van der Waals surface area contributed by atoms with Crippen molar-refractivity contribution in [2.75, 3.05) is 13.1 Å². The van der Waals surface area contributed by atoms with Crippen molar-refractivity contribution >= 4 is 11.0 Å². The zero-order valence-electron chi connectivity index (χ0n) is 12.9. The summed E-state index contributed by atoms with van der Waals surface area (Å²) in [6.45, 7) is 2.79. The Labute approximate surface area is 133 Å². The van der Waals surface area contributed by atoms with Crippen LogP contribution in [0.4, 0.5) is 0 Å². The molecule has 2 aromatic heterocycles. The van der Waals surface area contributed by atoms with E-state index in [0.717, 1.165) is 38.2 Å². The summed E-state index contributed by atoms with van der Waals surface area (Å²) in [6.07, 6.45) is 5.49. The Balaban J connectivity index is 1.71. The first-order valence-electron chi connectivity index (χ1n) is 8.02. The fourth-order valence-electron chi connectivity index (χ4n) is 3.18. The van der Waals surface area contributed by atoms with Crippen LogP contribution < -0.4 is 10.9 Å². The van der Waals surface area contributed by atoms with Gasteiger partial charge in [0.05, 0.1) is 18.2 Å². The predicted molar refractivity (Wildman–Crippen MR) is 88.7 cm³/mol. The van der Waals surface area contributed by atoms with Crippen molar-refractivity contribution in [1.82, 2.24) is 24.6 Å². The summed E-state index contributed by atoms with van der Waals surface area (Å²) >= 11 is 0. The molecule has 1 aliphatic rings. The minimum atomic E-state index is -0.00397. The van der Waals surface area contributed by atoms with Gasteiger partial charge in [0, 0.05) is 6.54 Å². The Morgan fingerprint density at radius 3 is 2.74 bits per heavy atom. The van der Waals surface area contributed by atoms with Gasteiger partial charge in [-0.1, -0.05) is 18.2 Å². The molecule has 4 rings (SSSR count). The summed E-state index contributed by atoms with van der Waals surface area (Å²) in [7, 11) is 0. The van der Waals surface area contributed by atoms with Crippen molar-refractivity contribution in [2.24, 2.45) is 5.92 Å². The van der Waals surface area contributed by atoms with Crippen LogP contribution in [0.5, 0.6) is 0 Å². The number of benzene rings is 1. The highest BCUT2D eigenvalue weighted by molar-refractivity contribution is 5.74. The second kappa shape index (κ2) is 5.96. The van der Waals surface area contributed by atoms with E-state index in [1.54, 1.807) is 21.8 Å². The number of nitrogens with zero attached hydrogens (tertiary/aromatic N) is 4. The van der Waals surface area contributed by atoms with Gasteiger partial charge >= 0.3 is 0 Å². The van der Waals surface area contributed by atoms with Crippen LogP contribution in [0.2, 0.25) is 0 Å². The molecule has 1 fully saturated rings. The van der Waals surface area contributed by atoms with E-state index in [1.165, 1.54) is 0 Å². The number of piperidine rings is 1. The van der Waals surface area contributed by atoms with E-state index in [9.17, 15) is 4.79 Å². The van der Waals surface area contributed by atoms with Gasteiger partial charge in [0.1, 0.15) is 5.39 Å². The van der Waals surface area contributed by atoms with E-state index in [0.29, 0.717) is 17.0 Å². The lowest BCUT2D eigenvalue weighted by Gasteiger charge is -2.22. The van der Waals surface area contributed by atoms with E-state index in [-0.39, 0.29) is 5.56 Å². The number of aromatic nitrogens is 4. The first kappa shape index (κ1) is 14.1. The normalized spacial score (nSPS) is 16.0. The summed E-state index contributed by atoms with van der Waals surface area (Å²) < 4.78 is 3.45. The molecule has 1 aromatic carbocycles. The Kier molecular flexibility index (Phi) is 3.67. The fraction of sp³-hybridized carbons (Fsp3) is 0.353. The molecule has 1 N–H and O–H groups in total. The van der Waals surface area contributed by atoms with Crippen molar-refractivity contribution in [3.63, 3.8) is 0 Å². The largest absolute Gasteiger partial charge is 0.317 e. The van der Waals surface area contributed by atoms with Gasteiger partial charge in [0.25, 0.3) is 5.56 Å². The lowest BCUT2D eigenvalue weighted by molar-refractivity contribution is 0.329. The maximum Gasteiger partial charge on any atom is 0.264 e. The van der Waals surface area contributed by atoms with Crippen LogP contribution in [-0.2, 0) is 6.54 Å². The van der Waals surface area contributed by atoms with E-state index in [2.05, 4.69) is 15.4 Å². The molecule has 0 aliphatic carbocycles. The number of rotatable bonds is 3. The highest BCUT2D eigenvalue weighted by Gasteiger charge is 2.16.